The average Bonchev–Trinajstić information content (AvgIpc) is 2.07. The van der Waals surface area contributed by atoms with Gasteiger partial charge in [-0.05, 0) is 12.8 Å². The Kier molecular flexibility index (Phi) is 2.49. The number of nitrogens with zero attached hydrogens (tertiary/aromatic N) is 2. The van der Waals surface area contributed by atoms with Gasteiger partial charge in [0.15, 0.2) is 0 Å². The summed E-state index contributed by atoms with van der Waals surface area (Å²) < 4.78 is 0. The van der Waals surface area contributed by atoms with Crippen LogP contribution in [0.2, 0.25) is 0 Å². The van der Waals surface area contributed by atoms with Gasteiger partial charge in [0, 0.05) is 12.8 Å². The normalized spacial score (nSPS) is 21.6. The van der Waals surface area contributed by atoms with Crippen molar-refractivity contribution >= 4 is 0 Å². The van der Waals surface area contributed by atoms with Gasteiger partial charge in [0.25, 0.3) is 0 Å². The highest BCUT2D eigenvalue weighted by Crippen LogP contribution is 2.34. The first kappa shape index (κ1) is 8.08. The number of hydrogen-bond donors (Lipinski definition) is 0. The molecule has 0 heterocycles. The average molecular weight is 148 g/mol. The molecule has 2 heteroatoms. The van der Waals surface area contributed by atoms with Gasteiger partial charge in [-0.1, -0.05) is 6.42 Å². The van der Waals surface area contributed by atoms with Gasteiger partial charge in [-0.3, -0.25) is 0 Å². The molecule has 0 radical (unpaired) electrons. The van der Waals surface area contributed by atoms with Crippen LogP contribution >= 0.6 is 0 Å². The van der Waals surface area contributed by atoms with E-state index in [1.54, 1.807) is 0 Å². The Morgan fingerprint density at radius 3 is 2.45 bits per heavy atom. The molecule has 1 fully saturated rings. The molecule has 0 aromatic heterocycles. The smallest absolute Gasteiger partial charge is 0.245 e. The van der Waals surface area contributed by atoms with E-state index in [4.69, 9.17) is 11.8 Å². The van der Waals surface area contributed by atoms with E-state index in [0.717, 1.165) is 25.7 Å². The van der Waals surface area contributed by atoms with Gasteiger partial charge in [-0.15, -0.1) is 0 Å². The van der Waals surface area contributed by atoms with Crippen molar-refractivity contribution < 1.29 is 0 Å². The first-order valence-corrected chi connectivity index (χ1v) is 4.09. The molecule has 0 N–H and O–H groups in total. The largest absolute Gasteiger partial charge is 0.309 e. The summed E-state index contributed by atoms with van der Waals surface area (Å²) >= 11 is 0. The third-order valence-electron chi connectivity index (χ3n) is 2.43. The maximum atomic E-state index is 8.52. The van der Waals surface area contributed by atoms with Crippen molar-refractivity contribution in [3.05, 3.63) is 11.4 Å². The minimum Gasteiger partial charge on any atom is -0.309 e. The zero-order chi connectivity index (χ0) is 8.16. The van der Waals surface area contributed by atoms with E-state index < -0.39 is 0 Å². The van der Waals surface area contributed by atoms with E-state index in [9.17, 15) is 0 Å². The topological polar surface area (TPSA) is 28.1 Å². The van der Waals surface area contributed by atoms with Gasteiger partial charge in [-0.2, -0.15) is 5.26 Å². The lowest BCUT2D eigenvalue weighted by Crippen LogP contribution is -2.26. The molecule has 0 bridgehead atoms. The van der Waals surface area contributed by atoms with Crippen LogP contribution in [0.25, 0.3) is 4.85 Å². The van der Waals surface area contributed by atoms with Gasteiger partial charge < -0.3 is 4.85 Å². The lowest BCUT2D eigenvalue weighted by Gasteiger charge is -2.23. The fraction of sp³-hybridized carbons (Fsp3) is 0.778. The van der Waals surface area contributed by atoms with Gasteiger partial charge in [0.1, 0.15) is 6.42 Å². The molecule has 1 aliphatic carbocycles. The highest BCUT2D eigenvalue weighted by Gasteiger charge is 2.37. The van der Waals surface area contributed by atoms with E-state index in [0.29, 0.717) is 6.42 Å². The summed E-state index contributed by atoms with van der Waals surface area (Å²) in [6.07, 6.45) is 5.79. The minimum atomic E-state index is -0.299. The standard InChI is InChI=1S/C9H12N2/c1-11-9(7-8-10)5-3-2-4-6-9/h2-7H2. The lowest BCUT2D eigenvalue weighted by atomic mass is 9.80. The maximum Gasteiger partial charge on any atom is 0.245 e. The molecule has 11 heavy (non-hydrogen) atoms. The van der Waals surface area contributed by atoms with E-state index in [1.807, 2.05) is 0 Å². The molecule has 0 saturated heterocycles. The fourth-order valence-electron chi connectivity index (χ4n) is 1.69. The summed E-state index contributed by atoms with van der Waals surface area (Å²) in [6.45, 7) is 7.02. The van der Waals surface area contributed by atoms with E-state index >= 15 is 0 Å². The van der Waals surface area contributed by atoms with Crippen LogP contribution in [-0.4, -0.2) is 5.54 Å². The molecule has 1 aliphatic rings. The summed E-state index contributed by atoms with van der Waals surface area (Å²) in [5.74, 6) is 0. The second-order valence-corrected chi connectivity index (χ2v) is 3.23. The molecule has 1 rings (SSSR count). The van der Waals surface area contributed by atoms with Crippen LogP contribution in [0.3, 0.4) is 0 Å². The molecule has 58 valence electrons. The predicted octanol–water partition coefficient (Wildman–Crippen LogP) is 2.52. The van der Waals surface area contributed by atoms with Crippen LogP contribution in [0.15, 0.2) is 0 Å². The monoisotopic (exact) mass is 148 g/mol. The third kappa shape index (κ3) is 1.71. The molecule has 0 atom stereocenters. The predicted molar refractivity (Wildman–Crippen MR) is 42.6 cm³/mol. The van der Waals surface area contributed by atoms with Crippen LogP contribution in [-0.2, 0) is 0 Å². The molecule has 0 spiro atoms. The molecular formula is C9H12N2. The van der Waals surface area contributed by atoms with E-state index in [2.05, 4.69) is 10.9 Å². The molecule has 0 unspecified atom stereocenters. The van der Waals surface area contributed by atoms with Crippen molar-refractivity contribution in [2.24, 2.45) is 0 Å². The third-order valence-corrected chi connectivity index (χ3v) is 2.43. The Morgan fingerprint density at radius 2 is 2.00 bits per heavy atom. The molecular weight excluding hydrogens is 136 g/mol. The van der Waals surface area contributed by atoms with Crippen LogP contribution in [0.4, 0.5) is 0 Å². The summed E-state index contributed by atoms with van der Waals surface area (Å²) in [5.41, 5.74) is -0.299. The van der Waals surface area contributed by atoms with E-state index in [1.165, 1.54) is 6.42 Å². The second-order valence-electron chi connectivity index (χ2n) is 3.23. The van der Waals surface area contributed by atoms with Crippen molar-refractivity contribution in [3.8, 4) is 6.07 Å². The Bertz CT molecular complexity index is 201. The molecule has 2 nitrogen and oxygen atoms in total. The molecule has 0 amide bonds. The van der Waals surface area contributed by atoms with Crippen molar-refractivity contribution in [2.75, 3.05) is 0 Å². The summed E-state index contributed by atoms with van der Waals surface area (Å²) in [4.78, 5) is 3.60. The van der Waals surface area contributed by atoms with Crippen LogP contribution in [0, 0.1) is 17.9 Å². The highest BCUT2D eigenvalue weighted by atomic mass is 14.8. The molecule has 0 aromatic rings. The van der Waals surface area contributed by atoms with Crippen molar-refractivity contribution in [3.63, 3.8) is 0 Å². The Hall–Kier alpha value is -1.02. The number of nitriles is 1. The van der Waals surface area contributed by atoms with Crippen LogP contribution in [0.5, 0.6) is 0 Å². The van der Waals surface area contributed by atoms with Crippen molar-refractivity contribution in [2.45, 2.75) is 44.1 Å². The molecule has 1 saturated carbocycles. The lowest BCUT2D eigenvalue weighted by molar-refractivity contribution is 0.351. The summed E-state index contributed by atoms with van der Waals surface area (Å²) in [7, 11) is 0. The van der Waals surface area contributed by atoms with Crippen LogP contribution in [0.1, 0.15) is 38.5 Å². The number of rotatable bonds is 1. The molecule has 0 aromatic carbocycles. The zero-order valence-electron chi connectivity index (χ0n) is 6.64. The highest BCUT2D eigenvalue weighted by molar-refractivity contribution is 5.05. The van der Waals surface area contributed by atoms with Crippen molar-refractivity contribution in [1.82, 2.24) is 0 Å². The van der Waals surface area contributed by atoms with Crippen molar-refractivity contribution in [1.29, 1.82) is 5.26 Å². The molecule has 0 aliphatic heterocycles. The first-order valence-electron chi connectivity index (χ1n) is 4.09. The first-order chi connectivity index (χ1) is 5.33. The van der Waals surface area contributed by atoms with Gasteiger partial charge in [0.05, 0.1) is 6.07 Å². The van der Waals surface area contributed by atoms with Crippen LogP contribution < -0.4 is 0 Å². The zero-order valence-corrected chi connectivity index (χ0v) is 6.64. The van der Waals surface area contributed by atoms with Gasteiger partial charge in [0.2, 0.25) is 5.54 Å². The Morgan fingerprint density at radius 1 is 1.36 bits per heavy atom. The van der Waals surface area contributed by atoms with E-state index in [-0.39, 0.29) is 5.54 Å². The van der Waals surface area contributed by atoms with Gasteiger partial charge >= 0.3 is 0 Å². The second kappa shape index (κ2) is 3.39. The SMILES string of the molecule is [C-]#[N+]C1(CC#N)CCCCC1. The fourth-order valence-corrected chi connectivity index (χ4v) is 1.69. The minimum absolute atomic E-state index is 0.299. The maximum absolute atomic E-state index is 8.52. The summed E-state index contributed by atoms with van der Waals surface area (Å²) in [5, 5.41) is 8.52. The number of hydrogen-bond acceptors (Lipinski definition) is 1. The van der Waals surface area contributed by atoms with Gasteiger partial charge in [-0.25, -0.2) is 6.57 Å². The Balaban J connectivity index is 2.60. The quantitative estimate of drug-likeness (QED) is 0.525. The summed E-state index contributed by atoms with van der Waals surface area (Å²) in [6, 6.07) is 2.12. The Labute approximate surface area is 67.6 Å².